The van der Waals surface area contributed by atoms with Gasteiger partial charge < -0.3 is 9.88 Å². The Kier molecular flexibility index (Phi) is 4.56. The maximum Gasteiger partial charge on any atom is 0.330 e. The van der Waals surface area contributed by atoms with Crippen LogP contribution < -0.4 is 16.6 Å². The van der Waals surface area contributed by atoms with E-state index in [1.54, 1.807) is 14.0 Å². The van der Waals surface area contributed by atoms with Crippen molar-refractivity contribution in [3.05, 3.63) is 68.0 Å². The van der Waals surface area contributed by atoms with E-state index in [4.69, 9.17) is 0 Å². The van der Waals surface area contributed by atoms with Crippen molar-refractivity contribution >= 4 is 0 Å². The molecule has 5 nitrogen and oxygen atoms in total. The second-order valence-corrected chi connectivity index (χ2v) is 5.19. The van der Waals surface area contributed by atoms with Crippen molar-refractivity contribution in [2.24, 2.45) is 14.1 Å². The molecule has 1 aromatic heterocycles. The molecule has 1 heterocycles. The summed E-state index contributed by atoms with van der Waals surface area (Å²) >= 11 is 0. The molecule has 0 amide bonds. The molecule has 22 heavy (non-hydrogen) atoms. The Bertz CT molecular complexity index is 811. The summed E-state index contributed by atoms with van der Waals surface area (Å²) in [6, 6.07) is 3.38. The molecule has 0 aliphatic heterocycles. The third kappa shape index (κ3) is 3.14. The van der Waals surface area contributed by atoms with E-state index in [9.17, 15) is 18.4 Å². The zero-order chi connectivity index (χ0) is 16.4. The second-order valence-electron chi connectivity index (χ2n) is 5.19. The van der Waals surface area contributed by atoms with E-state index in [0.29, 0.717) is 11.1 Å². The molecule has 1 N–H and O–H groups in total. The van der Waals surface area contributed by atoms with Gasteiger partial charge in [-0.2, -0.15) is 0 Å². The third-order valence-corrected chi connectivity index (χ3v) is 3.56. The van der Waals surface area contributed by atoms with Crippen LogP contribution >= 0.6 is 0 Å². The molecule has 1 atom stereocenters. The molecule has 118 valence electrons. The number of halogens is 2. The molecular formula is C15H17F2N3O2. The van der Waals surface area contributed by atoms with Crippen molar-refractivity contribution in [3.8, 4) is 0 Å². The lowest BCUT2D eigenvalue weighted by Gasteiger charge is -2.15. The van der Waals surface area contributed by atoms with E-state index in [0.717, 1.165) is 16.7 Å². The Morgan fingerprint density at radius 2 is 1.86 bits per heavy atom. The normalized spacial score (nSPS) is 12.4. The molecule has 2 rings (SSSR count). The highest BCUT2D eigenvalue weighted by molar-refractivity contribution is 5.21. The second kappa shape index (κ2) is 6.23. The van der Waals surface area contributed by atoms with Crippen LogP contribution in [0.5, 0.6) is 0 Å². The Morgan fingerprint density at radius 3 is 2.50 bits per heavy atom. The van der Waals surface area contributed by atoms with Crippen LogP contribution in [0.25, 0.3) is 0 Å². The first-order valence-electron chi connectivity index (χ1n) is 6.75. The summed E-state index contributed by atoms with van der Waals surface area (Å²) in [7, 11) is 2.97. The van der Waals surface area contributed by atoms with Crippen LogP contribution in [0.3, 0.4) is 0 Å². The minimum Gasteiger partial charge on any atom is -0.306 e. The number of hydrogen-bond acceptors (Lipinski definition) is 3. The van der Waals surface area contributed by atoms with Crippen molar-refractivity contribution in [2.45, 2.75) is 19.5 Å². The van der Waals surface area contributed by atoms with Crippen molar-refractivity contribution in [1.82, 2.24) is 14.5 Å². The number of rotatable bonds is 4. The van der Waals surface area contributed by atoms with E-state index in [2.05, 4.69) is 5.32 Å². The van der Waals surface area contributed by atoms with Gasteiger partial charge in [0.05, 0.1) is 0 Å². The Hall–Kier alpha value is -2.28. The van der Waals surface area contributed by atoms with Crippen LogP contribution in [-0.2, 0) is 20.6 Å². The quantitative estimate of drug-likeness (QED) is 0.924. The molecule has 0 bridgehead atoms. The number of aryl methyl sites for hydroxylation is 1. The largest absolute Gasteiger partial charge is 0.330 e. The monoisotopic (exact) mass is 309 g/mol. The predicted molar refractivity (Wildman–Crippen MR) is 78.5 cm³/mol. The highest BCUT2D eigenvalue weighted by Crippen LogP contribution is 2.16. The minimum absolute atomic E-state index is 0.209. The highest BCUT2D eigenvalue weighted by Gasteiger charge is 2.11. The summed E-state index contributed by atoms with van der Waals surface area (Å²) in [4.78, 5) is 23.6. The van der Waals surface area contributed by atoms with Gasteiger partial charge in [-0.1, -0.05) is 6.07 Å². The first-order chi connectivity index (χ1) is 10.3. The Labute approximate surface area is 125 Å². The third-order valence-electron chi connectivity index (χ3n) is 3.56. The zero-order valence-corrected chi connectivity index (χ0v) is 12.6. The van der Waals surface area contributed by atoms with E-state index in [-0.39, 0.29) is 18.1 Å². The average Bonchev–Trinajstić information content (AvgIpc) is 2.49. The number of hydrogen-bond donors (Lipinski definition) is 1. The number of benzene rings is 1. The maximum atomic E-state index is 13.2. The highest BCUT2D eigenvalue weighted by atomic mass is 19.2. The van der Waals surface area contributed by atoms with Gasteiger partial charge >= 0.3 is 5.69 Å². The molecule has 1 aromatic carbocycles. The first-order valence-corrected chi connectivity index (χ1v) is 6.75. The van der Waals surface area contributed by atoms with Crippen molar-refractivity contribution in [1.29, 1.82) is 0 Å². The molecule has 0 radical (unpaired) electrons. The van der Waals surface area contributed by atoms with E-state index in [1.165, 1.54) is 23.9 Å². The maximum absolute atomic E-state index is 13.2. The standard InChI is InChI=1S/C15H17F2N3O2/c1-9(10-4-5-12(16)13(17)6-10)18-7-11-8-19(2)15(22)20(3)14(11)21/h4-6,8-9,18H,7H2,1-3H3. The van der Waals surface area contributed by atoms with Gasteiger partial charge in [0, 0.05) is 38.4 Å². The van der Waals surface area contributed by atoms with E-state index in [1.807, 2.05) is 0 Å². The minimum atomic E-state index is -0.913. The summed E-state index contributed by atoms with van der Waals surface area (Å²) < 4.78 is 28.5. The van der Waals surface area contributed by atoms with Crippen molar-refractivity contribution in [2.75, 3.05) is 0 Å². The fourth-order valence-corrected chi connectivity index (χ4v) is 2.17. The lowest BCUT2D eigenvalue weighted by molar-refractivity contribution is 0.500. The van der Waals surface area contributed by atoms with Gasteiger partial charge in [0.25, 0.3) is 5.56 Å². The van der Waals surface area contributed by atoms with Crippen LogP contribution in [0.4, 0.5) is 8.78 Å². The lowest BCUT2D eigenvalue weighted by atomic mass is 10.1. The smallest absolute Gasteiger partial charge is 0.306 e. The van der Waals surface area contributed by atoms with Gasteiger partial charge in [-0.15, -0.1) is 0 Å². The molecule has 7 heteroatoms. The average molecular weight is 309 g/mol. The van der Waals surface area contributed by atoms with Crippen molar-refractivity contribution < 1.29 is 8.78 Å². The fourth-order valence-electron chi connectivity index (χ4n) is 2.17. The molecular weight excluding hydrogens is 292 g/mol. The number of nitrogens with zero attached hydrogens (tertiary/aromatic N) is 2. The van der Waals surface area contributed by atoms with Gasteiger partial charge in [0.2, 0.25) is 0 Å². The van der Waals surface area contributed by atoms with Gasteiger partial charge in [-0.25, -0.2) is 13.6 Å². The Balaban J connectivity index is 2.18. The molecule has 0 saturated heterocycles. The predicted octanol–water partition coefficient (Wildman–Crippen LogP) is 1.21. The van der Waals surface area contributed by atoms with Gasteiger partial charge in [-0.05, 0) is 24.6 Å². The van der Waals surface area contributed by atoms with Crippen LogP contribution in [-0.4, -0.2) is 9.13 Å². The molecule has 0 spiro atoms. The van der Waals surface area contributed by atoms with Crippen LogP contribution in [0.1, 0.15) is 24.1 Å². The van der Waals surface area contributed by atoms with Gasteiger partial charge in [-0.3, -0.25) is 9.36 Å². The van der Waals surface area contributed by atoms with Crippen LogP contribution in [0.2, 0.25) is 0 Å². The molecule has 2 aromatic rings. The fraction of sp³-hybridized carbons (Fsp3) is 0.333. The molecule has 0 aliphatic carbocycles. The van der Waals surface area contributed by atoms with Gasteiger partial charge in [0.1, 0.15) is 0 Å². The molecule has 0 saturated carbocycles. The topological polar surface area (TPSA) is 56.0 Å². The lowest BCUT2D eigenvalue weighted by Crippen LogP contribution is -2.39. The Morgan fingerprint density at radius 1 is 1.18 bits per heavy atom. The summed E-state index contributed by atoms with van der Waals surface area (Å²) in [5.74, 6) is -1.81. The molecule has 0 fully saturated rings. The SMILES string of the molecule is CC(NCc1cn(C)c(=O)n(C)c1=O)c1ccc(F)c(F)c1. The summed E-state index contributed by atoms with van der Waals surface area (Å²) in [5, 5.41) is 3.06. The number of nitrogens with one attached hydrogen (secondary N) is 1. The van der Waals surface area contributed by atoms with E-state index >= 15 is 0 Å². The molecule has 0 aliphatic rings. The van der Waals surface area contributed by atoms with E-state index < -0.39 is 17.3 Å². The molecule has 1 unspecified atom stereocenters. The zero-order valence-electron chi connectivity index (χ0n) is 12.6. The van der Waals surface area contributed by atoms with Crippen molar-refractivity contribution in [3.63, 3.8) is 0 Å². The van der Waals surface area contributed by atoms with Crippen LogP contribution in [0.15, 0.2) is 34.0 Å². The van der Waals surface area contributed by atoms with Gasteiger partial charge in [0.15, 0.2) is 11.6 Å². The van der Waals surface area contributed by atoms with Crippen LogP contribution in [0, 0.1) is 11.6 Å². The number of aromatic nitrogens is 2. The summed E-state index contributed by atoms with van der Waals surface area (Å²) in [6.07, 6.45) is 1.47. The first kappa shape index (κ1) is 16.1. The summed E-state index contributed by atoms with van der Waals surface area (Å²) in [5.41, 5.74) is 0.204. The summed E-state index contributed by atoms with van der Waals surface area (Å²) in [6.45, 7) is 1.99.